The number of carboxylic acids is 1. The molecular formula is C18H20O3S. The molecule has 0 amide bonds. The van der Waals surface area contributed by atoms with E-state index >= 15 is 0 Å². The van der Waals surface area contributed by atoms with E-state index in [-0.39, 0.29) is 5.56 Å². The third kappa shape index (κ3) is 5.45. The molecule has 0 aromatic heterocycles. The topological polar surface area (TPSA) is 46.5 Å². The molecule has 1 N–H and O–H groups in total. The smallest absolute Gasteiger partial charge is 0.335 e. The van der Waals surface area contributed by atoms with Crippen LogP contribution in [0.4, 0.5) is 0 Å². The Labute approximate surface area is 135 Å². The summed E-state index contributed by atoms with van der Waals surface area (Å²) in [5.41, 5.74) is 1.54. The van der Waals surface area contributed by atoms with E-state index in [0.717, 1.165) is 18.6 Å². The van der Waals surface area contributed by atoms with E-state index in [9.17, 15) is 4.79 Å². The fourth-order valence-electron chi connectivity index (χ4n) is 1.94. The number of benzene rings is 2. The summed E-state index contributed by atoms with van der Waals surface area (Å²) < 4.78 is 5.59. The van der Waals surface area contributed by atoms with Crippen molar-refractivity contribution in [1.82, 2.24) is 0 Å². The van der Waals surface area contributed by atoms with Crippen LogP contribution in [0.5, 0.6) is 5.75 Å². The molecule has 0 bridgehead atoms. The Morgan fingerprint density at radius 1 is 1.14 bits per heavy atom. The minimum absolute atomic E-state index is 0.257. The van der Waals surface area contributed by atoms with E-state index < -0.39 is 5.97 Å². The summed E-state index contributed by atoms with van der Waals surface area (Å²) in [6.45, 7) is 2.70. The second kappa shape index (κ2) is 8.49. The highest BCUT2D eigenvalue weighted by Crippen LogP contribution is 2.20. The minimum atomic E-state index is -0.931. The van der Waals surface area contributed by atoms with Crippen molar-refractivity contribution in [3.8, 4) is 5.75 Å². The zero-order valence-corrected chi connectivity index (χ0v) is 13.4. The van der Waals surface area contributed by atoms with Crippen LogP contribution in [0.3, 0.4) is 0 Å². The van der Waals surface area contributed by atoms with Crippen LogP contribution in [0.2, 0.25) is 0 Å². The Balaban J connectivity index is 1.64. The van der Waals surface area contributed by atoms with Crippen molar-refractivity contribution in [3.63, 3.8) is 0 Å². The summed E-state index contributed by atoms with van der Waals surface area (Å²) in [5.74, 6) is 0.743. The lowest BCUT2D eigenvalue weighted by Crippen LogP contribution is -2.00. The van der Waals surface area contributed by atoms with E-state index in [2.05, 4.69) is 31.2 Å². The molecule has 116 valence electrons. The van der Waals surface area contributed by atoms with Gasteiger partial charge in [0.1, 0.15) is 5.75 Å². The Bertz CT molecular complexity index is 608. The lowest BCUT2D eigenvalue weighted by Gasteiger charge is -2.07. The molecule has 0 saturated heterocycles. The van der Waals surface area contributed by atoms with E-state index in [1.807, 2.05) is 11.8 Å². The maximum Gasteiger partial charge on any atom is 0.335 e. The number of aromatic carboxylic acids is 1. The monoisotopic (exact) mass is 316 g/mol. The van der Waals surface area contributed by atoms with Crippen LogP contribution in [0.15, 0.2) is 53.4 Å². The Morgan fingerprint density at radius 3 is 2.64 bits per heavy atom. The number of hydrogen-bond acceptors (Lipinski definition) is 3. The van der Waals surface area contributed by atoms with Gasteiger partial charge >= 0.3 is 5.97 Å². The molecule has 0 fully saturated rings. The van der Waals surface area contributed by atoms with Crippen molar-refractivity contribution in [2.45, 2.75) is 24.7 Å². The first-order chi connectivity index (χ1) is 10.6. The molecule has 0 atom stereocenters. The molecule has 3 nitrogen and oxygen atoms in total. The molecule has 0 aliphatic carbocycles. The lowest BCUT2D eigenvalue weighted by molar-refractivity contribution is 0.0696. The first-order valence-corrected chi connectivity index (χ1v) is 8.29. The number of aryl methyl sites for hydroxylation is 1. The SMILES string of the molecule is Cc1ccc(SCCCCOc2cccc(C(=O)O)c2)cc1. The molecule has 0 spiro atoms. The maximum atomic E-state index is 10.9. The van der Waals surface area contributed by atoms with E-state index in [1.54, 1.807) is 24.3 Å². The first-order valence-electron chi connectivity index (χ1n) is 7.31. The van der Waals surface area contributed by atoms with Gasteiger partial charge in [-0.05, 0) is 55.9 Å². The second-order valence-electron chi connectivity index (χ2n) is 5.05. The van der Waals surface area contributed by atoms with Crippen molar-refractivity contribution in [3.05, 3.63) is 59.7 Å². The molecule has 22 heavy (non-hydrogen) atoms. The Kier molecular flexibility index (Phi) is 6.34. The average molecular weight is 316 g/mol. The minimum Gasteiger partial charge on any atom is -0.494 e. The number of carbonyl (C=O) groups is 1. The third-order valence-corrected chi connectivity index (χ3v) is 4.28. The highest BCUT2D eigenvalue weighted by molar-refractivity contribution is 7.99. The van der Waals surface area contributed by atoms with Crippen LogP contribution in [0.1, 0.15) is 28.8 Å². The summed E-state index contributed by atoms with van der Waals surface area (Å²) in [6, 6.07) is 15.2. The molecule has 0 aliphatic rings. The molecule has 0 radical (unpaired) electrons. The zero-order chi connectivity index (χ0) is 15.8. The van der Waals surface area contributed by atoms with Gasteiger partial charge in [0.2, 0.25) is 0 Å². The van der Waals surface area contributed by atoms with Crippen LogP contribution >= 0.6 is 11.8 Å². The standard InChI is InChI=1S/C18H20O3S/c1-14-7-9-17(10-8-14)22-12-3-2-11-21-16-6-4-5-15(13-16)18(19)20/h4-10,13H,2-3,11-12H2,1H3,(H,19,20). The van der Waals surface area contributed by atoms with Gasteiger partial charge < -0.3 is 9.84 Å². The van der Waals surface area contributed by atoms with Gasteiger partial charge in [-0.15, -0.1) is 11.8 Å². The fourth-order valence-corrected chi connectivity index (χ4v) is 2.85. The average Bonchev–Trinajstić information content (AvgIpc) is 2.52. The Hall–Kier alpha value is -1.94. The maximum absolute atomic E-state index is 10.9. The first kappa shape index (κ1) is 16.4. The summed E-state index contributed by atoms with van der Waals surface area (Å²) in [6.07, 6.45) is 2.02. The van der Waals surface area contributed by atoms with E-state index in [4.69, 9.17) is 9.84 Å². The van der Waals surface area contributed by atoms with Gasteiger partial charge in [0.25, 0.3) is 0 Å². The van der Waals surface area contributed by atoms with Gasteiger partial charge in [-0.3, -0.25) is 0 Å². The number of unbranched alkanes of at least 4 members (excludes halogenated alkanes) is 1. The van der Waals surface area contributed by atoms with E-state index in [1.165, 1.54) is 10.5 Å². The molecule has 2 rings (SSSR count). The molecule has 0 aliphatic heterocycles. The fraction of sp³-hybridized carbons (Fsp3) is 0.278. The second-order valence-corrected chi connectivity index (χ2v) is 6.22. The van der Waals surface area contributed by atoms with Gasteiger partial charge in [0.15, 0.2) is 0 Å². The summed E-state index contributed by atoms with van der Waals surface area (Å²) in [7, 11) is 0. The van der Waals surface area contributed by atoms with Crippen molar-refractivity contribution in [2.75, 3.05) is 12.4 Å². The summed E-state index contributed by atoms with van der Waals surface area (Å²) in [5, 5.41) is 8.92. The number of carboxylic acid groups (broad SMARTS) is 1. The highest BCUT2D eigenvalue weighted by Gasteiger charge is 2.03. The predicted molar refractivity (Wildman–Crippen MR) is 90.0 cm³/mol. The molecule has 2 aromatic carbocycles. The summed E-state index contributed by atoms with van der Waals surface area (Å²) >= 11 is 1.85. The third-order valence-electron chi connectivity index (χ3n) is 3.18. The number of hydrogen-bond donors (Lipinski definition) is 1. The zero-order valence-electron chi connectivity index (χ0n) is 12.6. The van der Waals surface area contributed by atoms with Gasteiger partial charge in [-0.1, -0.05) is 23.8 Å². The number of rotatable bonds is 8. The van der Waals surface area contributed by atoms with Crippen molar-refractivity contribution in [1.29, 1.82) is 0 Å². The van der Waals surface area contributed by atoms with Crippen LogP contribution in [-0.4, -0.2) is 23.4 Å². The van der Waals surface area contributed by atoms with Crippen molar-refractivity contribution in [2.24, 2.45) is 0 Å². The molecule has 2 aromatic rings. The number of ether oxygens (including phenoxy) is 1. The normalized spacial score (nSPS) is 10.4. The predicted octanol–water partition coefficient (Wildman–Crippen LogP) is 4.64. The molecule has 4 heteroatoms. The molecular weight excluding hydrogens is 296 g/mol. The van der Waals surface area contributed by atoms with Crippen LogP contribution in [0, 0.1) is 6.92 Å². The van der Waals surface area contributed by atoms with Crippen LogP contribution < -0.4 is 4.74 Å². The lowest BCUT2D eigenvalue weighted by atomic mass is 10.2. The molecule has 0 saturated carbocycles. The molecule has 0 unspecified atom stereocenters. The Morgan fingerprint density at radius 2 is 1.91 bits per heavy atom. The largest absolute Gasteiger partial charge is 0.494 e. The van der Waals surface area contributed by atoms with Gasteiger partial charge in [-0.2, -0.15) is 0 Å². The number of thioether (sulfide) groups is 1. The van der Waals surface area contributed by atoms with Gasteiger partial charge in [0, 0.05) is 4.90 Å². The van der Waals surface area contributed by atoms with Gasteiger partial charge in [-0.25, -0.2) is 4.79 Å². The summed E-state index contributed by atoms with van der Waals surface area (Å²) in [4.78, 5) is 12.2. The van der Waals surface area contributed by atoms with Crippen molar-refractivity contribution >= 4 is 17.7 Å². The quantitative estimate of drug-likeness (QED) is 0.569. The van der Waals surface area contributed by atoms with E-state index in [0.29, 0.717) is 12.4 Å². The van der Waals surface area contributed by atoms with Crippen molar-refractivity contribution < 1.29 is 14.6 Å². The molecule has 0 heterocycles. The van der Waals surface area contributed by atoms with Crippen LogP contribution in [-0.2, 0) is 0 Å². The van der Waals surface area contributed by atoms with Gasteiger partial charge in [0.05, 0.1) is 12.2 Å². The highest BCUT2D eigenvalue weighted by atomic mass is 32.2. The van der Waals surface area contributed by atoms with Crippen LogP contribution in [0.25, 0.3) is 0 Å².